The molecule has 0 aromatic heterocycles. The van der Waals surface area contributed by atoms with Gasteiger partial charge < -0.3 is 10.4 Å². The molecule has 0 radical (unpaired) electrons. The van der Waals surface area contributed by atoms with Crippen LogP contribution in [0.3, 0.4) is 0 Å². The summed E-state index contributed by atoms with van der Waals surface area (Å²) >= 11 is 0. The molecule has 2 N–H and O–H groups in total. The molecular weight excluding hydrogens is 299 g/mol. The number of hydrogen-bond acceptors (Lipinski definition) is 2. The third kappa shape index (κ3) is 2.99. The summed E-state index contributed by atoms with van der Waals surface area (Å²) < 4.78 is 86.9. The van der Waals surface area contributed by atoms with Crippen molar-refractivity contribution in [3.63, 3.8) is 0 Å². The summed E-state index contributed by atoms with van der Waals surface area (Å²) in [6.45, 7) is 0. The van der Waals surface area contributed by atoms with Crippen LogP contribution in [0.4, 0.5) is 30.7 Å². The zero-order valence-electron chi connectivity index (χ0n) is 9.98. The van der Waals surface area contributed by atoms with E-state index in [-0.39, 0.29) is 12.8 Å². The lowest BCUT2D eigenvalue weighted by molar-refractivity contribution is -0.344. The van der Waals surface area contributed by atoms with E-state index in [0.717, 1.165) is 0 Å². The Balaban J connectivity index is 2.84. The van der Waals surface area contributed by atoms with Crippen molar-refractivity contribution >= 4 is 5.91 Å². The maximum Gasteiger partial charge on any atom is 0.460 e. The van der Waals surface area contributed by atoms with E-state index in [4.69, 9.17) is 0 Å². The van der Waals surface area contributed by atoms with Gasteiger partial charge in [0.2, 0.25) is 0 Å². The van der Waals surface area contributed by atoms with E-state index in [0.29, 0.717) is 12.8 Å². The topological polar surface area (TPSA) is 49.3 Å². The standard InChI is InChI=1S/C10H12F7NO2/c11-8(12,9(13,14)10(15,16)17)7(20)18-5-3-1-2-4-6(5)19/h5-6,19H,1-4H2,(H,18,20)/t5-,6+/m1/s1. The van der Waals surface area contributed by atoms with Gasteiger partial charge in [0.15, 0.2) is 0 Å². The van der Waals surface area contributed by atoms with E-state index >= 15 is 0 Å². The van der Waals surface area contributed by atoms with Gasteiger partial charge in [-0.05, 0) is 12.8 Å². The Hall–Kier alpha value is -1.06. The summed E-state index contributed by atoms with van der Waals surface area (Å²) in [4.78, 5) is 11.0. The molecule has 0 aliphatic heterocycles. The molecule has 0 unspecified atom stereocenters. The number of amides is 1. The molecule has 0 saturated heterocycles. The number of carbonyl (C=O) groups is 1. The second-order valence-electron chi connectivity index (χ2n) is 4.58. The van der Waals surface area contributed by atoms with Crippen molar-refractivity contribution in [3.05, 3.63) is 0 Å². The molecular formula is C10H12F7NO2. The van der Waals surface area contributed by atoms with E-state index in [9.17, 15) is 40.6 Å². The maximum atomic E-state index is 13.0. The summed E-state index contributed by atoms with van der Waals surface area (Å²) in [5.74, 6) is -15.2. The molecule has 2 atom stereocenters. The molecule has 0 spiro atoms. The molecule has 1 aliphatic carbocycles. The van der Waals surface area contributed by atoms with Crippen molar-refractivity contribution in [2.75, 3.05) is 0 Å². The Kier molecular flexibility index (Phi) is 4.57. The number of aliphatic hydroxyl groups is 1. The monoisotopic (exact) mass is 311 g/mol. The van der Waals surface area contributed by atoms with Crippen LogP contribution in [0.25, 0.3) is 0 Å². The Bertz CT molecular complexity index is 369. The van der Waals surface area contributed by atoms with Gasteiger partial charge in [0.05, 0.1) is 12.1 Å². The van der Waals surface area contributed by atoms with Gasteiger partial charge >= 0.3 is 18.0 Å². The van der Waals surface area contributed by atoms with Crippen molar-refractivity contribution in [1.82, 2.24) is 5.32 Å². The number of rotatable bonds is 3. The SMILES string of the molecule is O=C(N[C@@H]1CCCC[C@@H]1O)C(F)(F)C(F)(F)C(F)(F)F. The molecule has 0 bridgehead atoms. The van der Waals surface area contributed by atoms with Crippen molar-refractivity contribution < 1.29 is 40.6 Å². The smallest absolute Gasteiger partial charge is 0.391 e. The van der Waals surface area contributed by atoms with Crippen LogP contribution in [-0.2, 0) is 4.79 Å². The summed E-state index contributed by atoms with van der Waals surface area (Å²) in [5, 5.41) is 10.7. The first-order valence-electron chi connectivity index (χ1n) is 5.72. The second kappa shape index (κ2) is 5.38. The zero-order chi connectivity index (χ0) is 15.8. The predicted octanol–water partition coefficient (Wildman–Crippen LogP) is 2.24. The van der Waals surface area contributed by atoms with Gasteiger partial charge in [-0.3, -0.25) is 4.79 Å². The molecule has 1 aliphatic rings. The van der Waals surface area contributed by atoms with Crippen molar-refractivity contribution in [1.29, 1.82) is 0 Å². The average molecular weight is 311 g/mol. The molecule has 0 aromatic carbocycles. The number of hydrogen-bond donors (Lipinski definition) is 2. The molecule has 1 saturated carbocycles. The van der Waals surface area contributed by atoms with E-state index in [1.807, 2.05) is 0 Å². The first-order chi connectivity index (χ1) is 8.91. The van der Waals surface area contributed by atoms with Crippen LogP contribution in [0.5, 0.6) is 0 Å². The summed E-state index contributed by atoms with van der Waals surface area (Å²) in [5.41, 5.74) is 0. The number of aliphatic hydroxyl groups excluding tert-OH is 1. The highest BCUT2D eigenvalue weighted by Crippen LogP contribution is 2.46. The molecule has 1 fully saturated rings. The molecule has 3 nitrogen and oxygen atoms in total. The minimum atomic E-state index is -6.56. The highest BCUT2D eigenvalue weighted by atomic mass is 19.4. The molecule has 20 heavy (non-hydrogen) atoms. The van der Waals surface area contributed by atoms with Crippen molar-refractivity contribution in [2.24, 2.45) is 0 Å². The Morgan fingerprint density at radius 1 is 1.00 bits per heavy atom. The number of carbonyl (C=O) groups excluding carboxylic acids is 1. The zero-order valence-corrected chi connectivity index (χ0v) is 9.98. The fraction of sp³-hybridized carbons (Fsp3) is 0.900. The van der Waals surface area contributed by atoms with Crippen LogP contribution in [0.2, 0.25) is 0 Å². The highest BCUT2D eigenvalue weighted by molar-refractivity contribution is 5.85. The van der Waals surface area contributed by atoms with Gasteiger partial charge in [0.25, 0.3) is 5.91 Å². The largest absolute Gasteiger partial charge is 0.460 e. The van der Waals surface area contributed by atoms with Crippen LogP contribution in [0.15, 0.2) is 0 Å². The van der Waals surface area contributed by atoms with Crippen LogP contribution in [0, 0.1) is 0 Å². The quantitative estimate of drug-likeness (QED) is 0.785. The number of alkyl halides is 7. The lowest BCUT2D eigenvalue weighted by Gasteiger charge is -2.32. The lowest BCUT2D eigenvalue weighted by atomic mass is 9.92. The summed E-state index contributed by atoms with van der Waals surface area (Å²) in [6.07, 6.45) is -6.65. The predicted molar refractivity (Wildman–Crippen MR) is 52.4 cm³/mol. The Morgan fingerprint density at radius 3 is 1.95 bits per heavy atom. The van der Waals surface area contributed by atoms with E-state index in [1.165, 1.54) is 5.32 Å². The minimum Gasteiger partial charge on any atom is -0.391 e. The molecule has 1 amide bonds. The molecule has 0 aromatic rings. The van der Waals surface area contributed by atoms with Crippen molar-refractivity contribution in [3.8, 4) is 0 Å². The van der Waals surface area contributed by atoms with Gasteiger partial charge in [-0.1, -0.05) is 12.8 Å². The second-order valence-corrected chi connectivity index (χ2v) is 4.58. The minimum absolute atomic E-state index is 0.0283. The maximum absolute atomic E-state index is 13.0. The average Bonchev–Trinajstić information content (AvgIpc) is 2.30. The molecule has 1 rings (SSSR count). The van der Waals surface area contributed by atoms with Gasteiger partial charge in [-0.15, -0.1) is 0 Å². The van der Waals surface area contributed by atoms with Crippen molar-refractivity contribution in [2.45, 2.75) is 55.9 Å². The van der Waals surface area contributed by atoms with Gasteiger partial charge in [0, 0.05) is 0 Å². The number of nitrogens with one attached hydrogen (secondary N) is 1. The Morgan fingerprint density at radius 2 is 1.50 bits per heavy atom. The molecule has 10 heteroatoms. The normalized spacial score (nSPS) is 25.4. The third-order valence-corrected chi connectivity index (χ3v) is 3.08. The van der Waals surface area contributed by atoms with Gasteiger partial charge in [-0.2, -0.15) is 30.7 Å². The molecule has 118 valence electrons. The van der Waals surface area contributed by atoms with Crippen LogP contribution in [-0.4, -0.2) is 41.2 Å². The fourth-order valence-electron chi connectivity index (χ4n) is 1.86. The molecule has 0 heterocycles. The van der Waals surface area contributed by atoms with E-state index in [1.54, 1.807) is 0 Å². The fourth-order valence-corrected chi connectivity index (χ4v) is 1.86. The van der Waals surface area contributed by atoms with Gasteiger partial charge in [0.1, 0.15) is 0 Å². The van der Waals surface area contributed by atoms with Crippen LogP contribution < -0.4 is 5.32 Å². The number of halogens is 7. The first-order valence-corrected chi connectivity index (χ1v) is 5.72. The van der Waals surface area contributed by atoms with Gasteiger partial charge in [-0.25, -0.2) is 0 Å². The first kappa shape index (κ1) is 17.0. The van der Waals surface area contributed by atoms with Crippen LogP contribution in [0.1, 0.15) is 25.7 Å². The highest BCUT2D eigenvalue weighted by Gasteiger charge is 2.76. The summed E-state index contributed by atoms with van der Waals surface area (Å²) in [7, 11) is 0. The van der Waals surface area contributed by atoms with E-state index < -0.39 is 36.1 Å². The Labute approximate surface area is 109 Å². The van der Waals surface area contributed by atoms with Crippen LogP contribution >= 0.6 is 0 Å². The third-order valence-electron chi connectivity index (χ3n) is 3.08. The van der Waals surface area contributed by atoms with E-state index in [2.05, 4.69) is 0 Å². The lowest BCUT2D eigenvalue weighted by Crippen LogP contribution is -2.61. The summed E-state index contributed by atoms with van der Waals surface area (Å²) in [6, 6.07) is -1.26.